The van der Waals surface area contributed by atoms with E-state index in [0.29, 0.717) is 11.2 Å². The number of hydrogen-bond donors (Lipinski definition) is 2. The molecule has 0 aliphatic carbocycles. The van der Waals surface area contributed by atoms with Crippen LogP contribution in [0.1, 0.15) is 5.56 Å². The molecule has 0 aromatic heterocycles. The molecule has 0 atom stereocenters. The molecule has 0 fully saturated rings. The van der Waals surface area contributed by atoms with Crippen molar-refractivity contribution in [2.75, 3.05) is 7.11 Å². The minimum Gasteiger partial charge on any atom is -0.497 e. The average Bonchev–Trinajstić information content (AvgIpc) is 2.35. The highest BCUT2D eigenvalue weighted by atomic mass is 16.5. The van der Waals surface area contributed by atoms with E-state index in [1.54, 1.807) is 30.4 Å². The quantitative estimate of drug-likeness (QED) is 0.588. The van der Waals surface area contributed by atoms with Gasteiger partial charge in [0.15, 0.2) is 0 Å². The summed E-state index contributed by atoms with van der Waals surface area (Å²) in [5, 5.41) is 18.5. The zero-order valence-corrected chi connectivity index (χ0v) is 9.76. The van der Waals surface area contributed by atoms with Crippen molar-refractivity contribution < 1.29 is 14.8 Å². The Bertz CT molecular complexity index is 450. The summed E-state index contributed by atoms with van der Waals surface area (Å²) in [4.78, 5) is 0. The molecule has 0 heterocycles. The summed E-state index contributed by atoms with van der Waals surface area (Å²) < 4.78 is 5.05. The first-order valence-corrected chi connectivity index (χ1v) is 5.13. The van der Waals surface area contributed by atoms with Crippen LogP contribution in [0.2, 0.25) is 0 Å². The molecule has 3 nitrogen and oxygen atoms in total. The van der Waals surface area contributed by atoms with E-state index >= 15 is 0 Å². The minimum atomic E-state index is -1.57. The second-order valence-electron chi connectivity index (χ2n) is 3.39. The lowest BCUT2D eigenvalue weighted by Gasteiger charge is -2.10. The van der Waals surface area contributed by atoms with Crippen molar-refractivity contribution >= 4 is 18.2 Å². The van der Waals surface area contributed by atoms with E-state index < -0.39 is 7.12 Å². The lowest BCUT2D eigenvalue weighted by atomic mass is 9.78. The van der Waals surface area contributed by atoms with E-state index in [2.05, 4.69) is 13.2 Å². The molecule has 0 amide bonds. The molecule has 0 aliphatic heterocycles. The molecule has 0 aliphatic rings. The van der Waals surface area contributed by atoms with Gasteiger partial charge in [0.1, 0.15) is 5.75 Å². The Hall–Kier alpha value is -1.78. The number of methoxy groups -OCH3 is 1. The first kappa shape index (κ1) is 13.3. The fourth-order valence-electron chi connectivity index (χ4n) is 1.52. The SMILES string of the molecule is C=C/C=C(\C=C)c1ccc(OC)c(B(O)O)c1. The van der Waals surface area contributed by atoms with E-state index in [9.17, 15) is 10.0 Å². The van der Waals surface area contributed by atoms with Gasteiger partial charge in [-0.25, -0.2) is 0 Å². The van der Waals surface area contributed by atoms with Gasteiger partial charge in [-0.1, -0.05) is 43.5 Å². The van der Waals surface area contributed by atoms with Crippen LogP contribution >= 0.6 is 0 Å². The van der Waals surface area contributed by atoms with Crippen LogP contribution in [0.25, 0.3) is 5.57 Å². The van der Waals surface area contributed by atoms with Crippen molar-refractivity contribution in [3.63, 3.8) is 0 Å². The van der Waals surface area contributed by atoms with Crippen LogP contribution in [0.4, 0.5) is 0 Å². The number of rotatable bonds is 5. The standard InChI is InChI=1S/C13H15BO3/c1-4-6-10(5-2)11-7-8-13(17-3)12(9-11)14(15)16/h4-9,15-16H,1-2H2,3H3/b10-6+. The summed E-state index contributed by atoms with van der Waals surface area (Å²) in [5.41, 5.74) is 2.00. The van der Waals surface area contributed by atoms with Gasteiger partial charge in [0.25, 0.3) is 0 Å². The van der Waals surface area contributed by atoms with Crippen LogP contribution in [-0.2, 0) is 0 Å². The third-order valence-electron chi connectivity index (χ3n) is 2.36. The maximum Gasteiger partial charge on any atom is 0.492 e. The fraction of sp³-hybridized carbons (Fsp3) is 0.0769. The predicted molar refractivity (Wildman–Crippen MR) is 71.2 cm³/mol. The largest absolute Gasteiger partial charge is 0.497 e. The molecule has 17 heavy (non-hydrogen) atoms. The van der Waals surface area contributed by atoms with Crippen molar-refractivity contribution in [3.8, 4) is 5.75 Å². The lowest BCUT2D eigenvalue weighted by Crippen LogP contribution is -2.31. The second kappa shape index (κ2) is 6.08. The molecule has 0 bridgehead atoms. The third kappa shape index (κ3) is 3.09. The zero-order chi connectivity index (χ0) is 12.8. The molecule has 0 unspecified atom stereocenters. The van der Waals surface area contributed by atoms with Crippen LogP contribution in [0.3, 0.4) is 0 Å². The Morgan fingerprint density at radius 3 is 2.53 bits per heavy atom. The number of allylic oxidation sites excluding steroid dienone is 4. The van der Waals surface area contributed by atoms with E-state index in [0.717, 1.165) is 11.1 Å². The predicted octanol–water partition coefficient (Wildman–Crippen LogP) is 1.13. The second-order valence-corrected chi connectivity index (χ2v) is 3.39. The molecule has 1 aromatic carbocycles. The van der Waals surface area contributed by atoms with Crippen molar-refractivity contribution in [3.05, 3.63) is 55.1 Å². The minimum absolute atomic E-state index is 0.321. The summed E-state index contributed by atoms with van der Waals surface area (Å²) in [6.07, 6.45) is 5.12. The first-order chi connectivity index (χ1) is 8.13. The molecule has 1 rings (SSSR count). The Kier molecular flexibility index (Phi) is 4.76. The normalized spacial score (nSPS) is 10.9. The Labute approximate surface area is 102 Å². The van der Waals surface area contributed by atoms with Crippen molar-refractivity contribution in [2.45, 2.75) is 0 Å². The monoisotopic (exact) mass is 230 g/mol. The van der Waals surface area contributed by atoms with Gasteiger partial charge in [0.2, 0.25) is 0 Å². The molecule has 4 heteroatoms. The summed E-state index contributed by atoms with van der Waals surface area (Å²) in [5.74, 6) is 0.436. The highest BCUT2D eigenvalue weighted by Crippen LogP contribution is 2.18. The van der Waals surface area contributed by atoms with Crippen LogP contribution in [0.5, 0.6) is 5.75 Å². The molecule has 88 valence electrons. The van der Waals surface area contributed by atoms with Gasteiger partial charge in [-0.05, 0) is 17.2 Å². The molecule has 2 N–H and O–H groups in total. The molecule has 0 spiro atoms. The Morgan fingerprint density at radius 1 is 1.35 bits per heavy atom. The third-order valence-corrected chi connectivity index (χ3v) is 2.36. The molecule has 0 saturated heterocycles. The van der Waals surface area contributed by atoms with Gasteiger partial charge in [-0.2, -0.15) is 0 Å². The van der Waals surface area contributed by atoms with E-state index in [-0.39, 0.29) is 0 Å². The number of benzene rings is 1. The maximum absolute atomic E-state index is 9.25. The first-order valence-electron chi connectivity index (χ1n) is 5.13. The van der Waals surface area contributed by atoms with Crippen LogP contribution in [-0.4, -0.2) is 24.3 Å². The topological polar surface area (TPSA) is 49.7 Å². The average molecular weight is 230 g/mol. The summed E-state index contributed by atoms with van der Waals surface area (Å²) >= 11 is 0. The Balaban J connectivity index is 3.29. The van der Waals surface area contributed by atoms with E-state index in [1.807, 2.05) is 6.07 Å². The summed E-state index contributed by atoms with van der Waals surface area (Å²) in [7, 11) is -0.0887. The van der Waals surface area contributed by atoms with Gasteiger partial charge >= 0.3 is 7.12 Å². The summed E-state index contributed by atoms with van der Waals surface area (Å²) in [6, 6.07) is 5.16. The molecule has 1 aromatic rings. The van der Waals surface area contributed by atoms with Crippen LogP contribution in [0.15, 0.2) is 49.6 Å². The lowest BCUT2D eigenvalue weighted by molar-refractivity contribution is 0.403. The van der Waals surface area contributed by atoms with Gasteiger partial charge in [0.05, 0.1) is 7.11 Å². The number of hydrogen-bond acceptors (Lipinski definition) is 3. The van der Waals surface area contributed by atoms with Crippen LogP contribution < -0.4 is 10.2 Å². The van der Waals surface area contributed by atoms with Gasteiger partial charge < -0.3 is 14.8 Å². The van der Waals surface area contributed by atoms with Crippen molar-refractivity contribution in [1.82, 2.24) is 0 Å². The smallest absolute Gasteiger partial charge is 0.492 e. The van der Waals surface area contributed by atoms with Crippen LogP contribution in [0, 0.1) is 0 Å². The molecular weight excluding hydrogens is 215 g/mol. The van der Waals surface area contributed by atoms with E-state index in [4.69, 9.17) is 4.74 Å². The molecule has 0 saturated carbocycles. The van der Waals surface area contributed by atoms with Gasteiger partial charge in [-0.3, -0.25) is 0 Å². The van der Waals surface area contributed by atoms with E-state index in [1.165, 1.54) is 7.11 Å². The Morgan fingerprint density at radius 2 is 2.06 bits per heavy atom. The highest BCUT2D eigenvalue weighted by molar-refractivity contribution is 6.59. The van der Waals surface area contributed by atoms with Crippen molar-refractivity contribution in [2.24, 2.45) is 0 Å². The highest BCUT2D eigenvalue weighted by Gasteiger charge is 2.17. The zero-order valence-electron chi connectivity index (χ0n) is 9.76. The number of ether oxygens (including phenoxy) is 1. The maximum atomic E-state index is 9.25. The molecule has 0 radical (unpaired) electrons. The van der Waals surface area contributed by atoms with Gasteiger partial charge in [-0.15, -0.1) is 0 Å². The molecular formula is C13H15BO3. The fourth-order valence-corrected chi connectivity index (χ4v) is 1.52. The summed E-state index contributed by atoms with van der Waals surface area (Å²) in [6.45, 7) is 7.32. The van der Waals surface area contributed by atoms with Crippen molar-refractivity contribution in [1.29, 1.82) is 0 Å². The van der Waals surface area contributed by atoms with Gasteiger partial charge in [0, 0.05) is 5.46 Å².